The number of hydrogen-bond donors (Lipinski definition) is 0. The SMILES string of the molecule is C=C1C(=O)O[C@@H]2[C@@H]1CC[C@H](C)[C@@H]1CCC(=O)O[C@@]21C. The minimum absolute atomic E-state index is 0.00384. The fourth-order valence-electron chi connectivity index (χ4n) is 4.14. The number of ether oxygens (including phenoxy) is 2. The molecule has 0 N–H and O–H groups in total. The van der Waals surface area contributed by atoms with Gasteiger partial charge in [-0.15, -0.1) is 0 Å². The van der Waals surface area contributed by atoms with Crippen LogP contribution in [0.15, 0.2) is 12.2 Å². The van der Waals surface area contributed by atoms with E-state index >= 15 is 0 Å². The summed E-state index contributed by atoms with van der Waals surface area (Å²) >= 11 is 0. The molecule has 2 heterocycles. The Morgan fingerprint density at radius 3 is 2.74 bits per heavy atom. The highest BCUT2D eigenvalue weighted by atomic mass is 16.6. The van der Waals surface area contributed by atoms with Crippen molar-refractivity contribution in [3.63, 3.8) is 0 Å². The van der Waals surface area contributed by atoms with Gasteiger partial charge >= 0.3 is 11.9 Å². The molecule has 4 heteroatoms. The standard InChI is InChI=1S/C15H20O4/c1-8-4-5-10-9(2)14(17)18-13(10)15(3)11(8)6-7-12(16)19-15/h8,10-11,13H,2,4-7H2,1,3H3/t8-,10+,11-,13+,15+/m0/s1. The normalized spacial score (nSPS) is 45.9. The second-order valence-electron chi connectivity index (χ2n) is 6.32. The van der Waals surface area contributed by atoms with E-state index < -0.39 is 5.60 Å². The van der Waals surface area contributed by atoms with E-state index in [0.29, 0.717) is 17.9 Å². The Kier molecular flexibility index (Phi) is 2.73. The van der Waals surface area contributed by atoms with Gasteiger partial charge in [0.2, 0.25) is 0 Å². The van der Waals surface area contributed by atoms with Crippen molar-refractivity contribution in [2.24, 2.45) is 17.8 Å². The van der Waals surface area contributed by atoms with Crippen molar-refractivity contribution >= 4 is 11.9 Å². The maximum absolute atomic E-state index is 11.8. The Hall–Kier alpha value is -1.32. The molecule has 0 bridgehead atoms. The van der Waals surface area contributed by atoms with Crippen molar-refractivity contribution in [2.45, 2.75) is 51.2 Å². The molecule has 0 aromatic rings. The number of esters is 2. The van der Waals surface area contributed by atoms with Crippen LogP contribution in [-0.4, -0.2) is 23.6 Å². The van der Waals surface area contributed by atoms with Crippen LogP contribution in [-0.2, 0) is 19.1 Å². The molecule has 104 valence electrons. The Bertz CT molecular complexity index is 455. The van der Waals surface area contributed by atoms with Gasteiger partial charge in [-0.25, -0.2) is 4.79 Å². The topological polar surface area (TPSA) is 52.6 Å². The molecule has 3 fully saturated rings. The first-order chi connectivity index (χ1) is 8.93. The van der Waals surface area contributed by atoms with E-state index in [4.69, 9.17) is 9.47 Å². The Balaban J connectivity index is 2.02. The molecule has 2 aliphatic heterocycles. The van der Waals surface area contributed by atoms with Gasteiger partial charge in [0.05, 0.1) is 0 Å². The van der Waals surface area contributed by atoms with E-state index in [1.807, 2.05) is 6.92 Å². The molecule has 2 saturated heterocycles. The van der Waals surface area contributed by atoms with Crippen LogP contribution in [0, 0.1) is 17.8 Å². The minimum atomic E-state index is -0.689. The first-order valence-electron chi connectivity index (χ1n) is 7.05. The first kappa shape index (κ1) is 12.7. The lowest BCUT2D eigenvalue weighted by Gasteiger charge is -2.45. The van der Waals surface area contributed by atoms with Crippen molar-refractivity contribution in [2.75, 3.05) is 0 Å². The third-order valence-electron chi connectivity index (χ3n) is 5.22. The van der Waals surface area contributed by atoms with E-state index in [1.54, 1.807) is 0 Å². The molecule has 3 aliphatic rings. The average molecular weight is 264 g/mol. The molecule has 1 saturated carbocycles. The maximum Gasteiger partial charge on any atom is 0.334 e. The lowest BCUT2D eigenvalue weighted by molar-refractivity contribution is -0.202. The first-order valence-corrected chi connectivity index (χ1v) is 7.05. The highest BCUT2D eigenvalue weighted by Crippen LogP contribution is 2.50. The lowest BCUT2D eigenvalue weighted by atomic mass is 9.72. The van der Waals surface area contributed by atoms with E-state index in [1.165, 1.54) is 0 Å². The number of carbonyl (C=O) groups is 2. The van der Waals surface area contributed by atoms with Gasteiger partial charge in [-0.05, 0) is 32.1 Å². The van der Waals surface area contributed by atoms with Crippen LogP contribution >= 0.6 is 0 Å². The summed E-state index contributed by atoms with van der Waals surface area (Å²) < 4.78 is 11.2. The molecule has 0 amide bonds. The Morgan fingerprint density at radius 1 is 1.26 bits per heavy atom. The fourth-order valence-corrected chi connectivity index (χ4v) is 4.14. The number of fused-ring (bicyclic) bond motifs is 3. The number of rotatable bonds is 0. The van der Waals surface area contributed by atoms with Crippen molar-refractivity contribution in [3.8, 4) is 0 Å². The van der Waals surface area contributed by atoms with Crippen LogP contribution in [0.4, 0.5) is 0 Å². The zero-order valence-corrected chi connectivity index (χ0v) is 11.5. The molecule has 0 unspecified atom stereocenters. The summed E-state index contributed by atoms with van der Waals surface area (Å²) in [5.41, 5.74) is -0.147. The summed E-state index contributed by atoms with van der Waals surface area (Å²) in [6.07, 6.45) is 2.85. The summed E-state index contributed by atoms with van der Waals surface area (Å²) in [6.45, 7) is 7.99. The molecular weight excluding hydrogens is 244 g/mol. The van der Waals surface area contributed by atoms with Gasteiger partial charge in [0, 0.05) is 23.8 Å². The van der Waals surface area contributed by atoms with Crippen LogP contribution in [0.25, 0.3) is 0 Å². The summed E-state index contributed by atoms with van der Waals surface area (Å²) in [7, 11) is 0. The van der Waals surface area contributed by atoms with Crippen molar-refractivity contribution < 1.29 is 19.1 Å². The third-order valence-corrected chi connectivity index (χ3v) is 5.22. The summed E-state index contributed by atoms with van der Waals surface area (Å²) in [6, 6.07) is 0. The second-order valence-corrected chi connectivity index (χ2v) is 6.32. The predicted octanol–water partition coefficient (Wildman–Crippen LogP) is 2.23. The molecule has 19 heavy (non-hydrogen) atoms. The van der Waals surface area contributed by atoms with E-state index in [2.05, 4.69) is 13.5 Å². The van der Waals surface area contributed by atoms with E-state index in [0.717, 1.165) is 19.3 Å². The van der Waals surface area contributed by atoms with Gasteiger partial charge in [0.25, 0.3) is 0 Å². The maximum atomic E-state index is 11.8. The summed E-state index contributed by atoms with van der Waals surface area (Å²) in [5, 5.41) is 0. The van der Waals surface area contributed by atoms with Gasteiger partial charge in [0.15, 0.2) is 0 Å². The third kappa shape index (κ3) is 1.72. The largest absolute Gasteiger partial charge is 0.455 e. The van der Waals surface area contributed by atoms with Crippen LogP contribution in [0.1, 0.15) is 39.5 Å². The van der Waals surface area contributed by atoms with Crippen LogP contribution in [0.5, 0.6) is 0 Å². The predicted molar refractivity (Wildman–Crippen MR) is 68.1 cm³/mol. The Labute approximate surface area is 113 Å². The molecule has 1 aliphatic carbocycles. The van der Waals surface area contributed by atoms with Gasteiger partial charge < -0.3 is 9.47 Å². The number of carbonyl (C=O) groups excluding carboxylic acids is 2. The van der Waals surface area contributed by atoms with Crippen LogP contribution in [0.3, 0.4) is 0 Å². The zero-order chi connectivity index (χ0) is 13.8. The van der Waals surface area contributed by atoms with Crippen LogP contribution in [0.2, 0.25) is 0 Å². The molecule has 4 nitrogen and oxygen atoms in total. The molecule has 0 radical (unpaired) electrons. The van der Waals surface area contributed by atoms with Gasteiger partial charge in [0.1, 0.15) is 11.7 Å². The van der Waals surface area contributed by atoms with Crippen LogP contribution < -0.4 is 0 Å². The monoisotopic (exact) mass is 264 g/mol. The molecule has 0 aromatic carbocycles. The molecule has 0 spiro atoms. The van der Waals surface area contributed by atoms with Crippen molar-refractivity contribution in [3.05, 3.63) is 12.2 Å². The van der Waals surface area contributed by atoms with Gasteiger partial charge in [-0.2, -0.15) is 0 Å². The minimum Gasteiger partial charge on any atom is -0.455 e. The fraction of sp³-hybridized carbons (Fsp3) is 0.733. The zero-order valence-electron chi connectivity index (χ0n) is 11.5. The van der Waals surface area contributed by atoms with Crippen molar-refractivity contribution in [1.82, 2.24) is 0 Å². The highest BCUT2D eigenvalue weighted by molar-refractivity contribution is 5.91. The smallest absolute Gasteiger partial charge is 0.334 e. The van der Waals surface area contributed by atoms with E-state index in [9.17, 15) is 9.59 Å². The van der Waals surface area contributed by atoms with E-state index in [-0.39, 0.29) is 29.9 Å². The van der Waals surface area contributed by atoms with Gasteiger partial charge in [-0.3, -0.25) is 4.79 Å². The molecular formula is C15H20O4. The summed E-state index contributed by atoms with van der Waals surface area (Å²) in [4.78, 5) is 23.5. The Morgan fingerprint density at radius 2 is 2.00 bits per heavy atom. The molecule has 0 aromatic heterocycles. The van der Waals surface area contributed by atoms with Crippen molar-refractivity contribution in [1.29, 1.82) is 0 Å². The second kappa shape index (κ2) is 4.09. The molecule has 3 rings (SSSR count). The summed E-state index contributed by atoms with van der Waals surface area (Å²) in [5.74, 6) is 0.219. The average Bonchev–Trinajstić information content (AvgIpc) is 2.58. The lowest BCUT2D eigenvalue weighted by Crippen LogP contribution is -2.55. The molecule has 5 atom stereocenters. The quantitative estimate of drug-likeness (QED) is 0.497. The highest BCUT2D eigenvalue weighted by Gasteiger charge is 2.59. The number of hydrogen-bond acceptors (Lipinski definition) is 4. The van der Waals surface area contributed by atoms with Gasteiger partial charge in [-0.1, -0.05) is 13.5 Å².